The Morgan fingerprint density at radius 2 is 2.33 bits per heavy atom. The van der Waals surface area contributed by atoms with E-state index in [2.05, 4.69) is 10.4 Å². The van der Waals surface area contributed by atoms with Gasteiger partial charge in [0, 0.05) is 20.1 Å². The topological polar surface area (TPSA) is 93.5 Å². The zero-order chi connectivity index (χ0) is 13.3. The van der Waals surface area contributed by atoms with Gasteiger partial charge in [-0.3, -0.25) is 9.48 Å². The van der Waals surface area contributed by atoms with Crippen LogP contribution in [0.4, 0.5) is 0 Å². The van der Waals surface area contributed by atoms with Crippen molar-refractivity contribution in [3.05, 3.63) is 17.5 Å². The number of carbonyl (C=O) groups excluding carboxylic acids is 1. The summed E-state index contributed by atoms with van der Waals surface area (Å²) in [6, 6.07) is 1.61. The molecule has 1 aromatic heterocycles. The summed E-state index contributed by atoms with van der Waals surface area (Å²) in [5, 5.41) is 15.8. The molecule has 0 radical (unpaired) electrons. The van der Waals surface area contributed by atoms with Crippen LogP contribution in [0.3, 0.4) is 0 Å². The van der Waals surface area contributed by atoms with E-state index < -0.39 is 17.4 Å². The number of carbonyl (C=O) groups is 2. The molecule has 2 N–H and O–H groups in total. The highest BCUT2D eigenvalue weighted by Crippen LogP contribution is 2.19. The van der Waals surface area contributed by atoms with Crippen molar-refractivity contribution in [1.82, 2.24) is 15.1 Å². The molecule has 0 aliphatic carbocycles. The van der Waals surface area contributed by atoms with Crippen LogP contribution in [-0.4, -0.2) is 45.5 Å². The highest BCUT2D eigenvalue weighted by molar-refractivity contribution is 5.96. The van der Waals surface area contributed by atoms with Crippen molar-refractivity contribution in [1.29, 1.82) is 0 Å². The third-order valence-electron chi connectivity index (χ3n) is 3.02. The Morgan fingerprint density at radius 3 is 2.78 bits per heavy atom. The summed E-state index contributed by atoms with van der Waals surface area (Å²) in [5.74, 6) is -1.53. The number of amides is 1. The van der Waals surface area contributed by atoms with E-state index in [1.54, 1.807) is 20.0 Å². The van der Waals surface area contributed by atoms with Gasteiger partial charge in [-0.05, 0) is 13.0 Å². The second kappa shape index (κ2) is 4.41. The zero-order valence-corrected chi connectivity index (χ0v) is 10.3. The van der Waals surface area contributed by atoms with Crippen molar-refractivity contribution in [2.45, 2.75) is 18.9 Å². The van der Waals surface area contributed by atoms with Gasteiger partial charge in [0.25, 0.3) is 5.91 Å². The van der Waals surface area contributed by atoms with Crippen LogP contribution in [0.15, 0.2) is 6.07 Å². The predicted molar refractivity (Wildman–Crippen MR) is 61.2 cm³/mol. The molecule has 0 saturated carbocycles. The second-order valence-corrected chi connectivity index (χ2v) is 4.44. The summed E-state index contributed by atoms with van der Waals surface area (Å²) in [4.78, 5) is 23.3. The Bertz CT molecular complexity index is 488. The minimum atomic E-state index is -1.32. The molecule has 2 heterocycles. The van der Waals surface area contributed by atoms with Gasteiger partial charge in [-0.15, -0.1) is 0 Å². The van der Waals surface area contributed by atoms with Crippen LogP contribution in [-0.2, 0) is 16.6 Å². The number of hydrogen-bond acceptors (Lipinski definition) is 4. The molecule has 0 bridgehead atoms. The van der Waals surface area contributed by atoms with Crippen molar-refractivity contribution < 1.29 is 19.4 Å². The van der Waals surface area contributed by atoms with Gasteiger partial charge >= 0.3 is 5.97 Å². The summed E-state index contributed by atoms with van der Waals surface area (Å²) in [6.45, 7) is 2.09. The molecule has 7 heteroatoms. The number of rotatable bonds is 3. The lowest BCUT2D eigenvalue weighted by Gasteiger charge is -2.23. The van der Waals surface area contributed by atoms with Gasteiger partial charge in [-0.25, -0.2) is 4.79 Å². The molecule has 98 valence electrons. The van der Waals surface area contributed by atoms with Crippen molar-refractivity contribution in [3.63, 3.8) is 0 Å². The monoisotopic (exact) mass is 253 g/mol. The summed E-state index contributed by atoms with van der Waals surface area (Å²) in [7, 11) is 1.64. The second-order valence-electron chi connectivity index (χ2n) is 4.44. The fourth-order valence-corrected chi connectivity index (χ4v) is 1.99. The molecule has 1 fully saturated rings. The van der Waals surface area contributed by atoms with E-state index in [1.165, 1.54) is 4.68 Å². The Kier molecular flexibility index (Phi) is 3.08. The molecule has 1 saturated heterocycles. The van der Waals surface area contributed by atoms with E-state index in [0.717, 1.165) is 0 Å². The summed E-state index contributed by atoms with van der Waals surface area (Å²) in [5.41, 5.74) is -0.287. The number of carboxylic acids is 1. The summed E-state index contributed by atoms with van der Waals surface area (Å²) < 4.78 is 6.50. The minimum Gasteiger partial charge on any atom is -0.479 e. The highest BCUT2D eigenvalue weighted by atomic mass is 16.5. The Labute approximate surface area is 104 Å². The van der Waals surface area contributed by atoms with E-state index >= 15 is 0 Å². The molecule has 1 amide bonds. The first kappa shape index (κ1) is 12.6. The van der Waals surface area contributed by atoms with Gasteiger partial charge in [0.05, 0.1) is 12.3 Å². The molecule has 1 aromatic rings. The first-order valence-corrected chi connectivity index (χ1v) is 5.59. The average Bonchev–Trinajstić information content (AvgIpc) is 2.86. The van der Waals surface area contributed by atoms with Gasteiger partial charge < -0.3 is 15.2 Å². The van der Waals surface area contributed by atoms with Gasteiger partial charge in [0.1, 0.15) is 5.69 Å². The SMILES string of the molecule is Cc1cc(C(=O)NC2(C(=O)O)CCOC2)n(C)n1. The number of ether oxygens (including phenoxy) is 1. The van der Waals surface area contributed by atoms with Crippen LogP contribution >= 0.6 is 0 Å². The number of hydrogen-bond donors (Lipinski definition) is 2. The van der Waals surface area contributed by atoms with Gasteiger partial charge in [-0.2, -0.15) is 5.10 Å². The molecule has 2 rings (SSSR count). The largest absolute Gasteiger partial charge is 0.479 e. The van der Waals surface area contributed by atoms with E-state index in [9.17, 15) is 14.7 Å². The molecular formula is C11H15N3O4. The fourth-order valence-electron chi connectivity index (χ4n) is 1.99. The molecule has 0 aromatic carbocycles. The Balaban J connectivity index is 2.20. The lowest BCUT2D eigenvalue weighted by atomic mass is 9.99. The Morgan fingerprint density at radius 1 is 1.61 bits per heavy atom. The molecule has 1 unspecified atom stereocenters. The van der Waals surface area contributed by atoms with Crippen LogP contribution < -0.4 is 5.32 Å². The predicted octanol–water partition coefficient (Wildman–Crippen LogP) is -0.298. The van der Waals surface area contributed by atoms with Crippen molar-refractivity contribution in [3.8, 4) is 0 Å². The lowest BCUT2D eigenvalue weighted by molar-refractivity contribution is -0.144. The third kappa shape index (κ3) is 2.08. The van der Waals surface area contributed by atoms with E-state index in [1.807, 2.05) is 0 Å². The number of nitrogens with one attached hydrogen (secondary N) is 1. The van der Waals surface area contributed by atoms with Gasteiger partial charge in [-0.1, -0.05) is 0 Å². The highest BCUT2D eigenvalue weighted by Gasteiger charge is 2.44. The number of aromatic nitrogens is 2. The van der Waals surface area contributed by atoms with Crippen molar-refractivity contribution >= 4 is 11.9 Å². The number of aliphatic carboxylic acids is 1. The van der Waals surface area contributed by atoms with Gasteiger partial charge in [0.2, 0.25) is 0 Å². The molecule has 1 aliphatic rings. The van der Waals surface area contributed by atoms with Crippen LogP contribution in [0.2, 0.25) is 0 Å². The molecule has 18 heavy (non-hydrogen) atoms. The summed E-state index contributed by atoms with van der Waals surface area (Å²) >= 11 is 0. The minimum absolute atomic E-state index is 0.00902. The lowest BCUT2D eigenvalue weighted by Crippen LogP contribution is -2.55. The Hall–Kier alpha value is -1.89. The fraction of sp³-hybridized carbons (Fsp3) is 0.545. The van der Waals surface area contributed by atoms with E-state index in [-0.39, 0.29) is 13.0 Å². The first-order chi connectivity index (χ1) is 8.44. The molecule has 7 nitrogen and oxygen atoms in total. The third-order valence-corrected chi connectivity index (χ3v) is 3.02. The maximum absolute atomic E-state index is 12.1. The number of carboxylic acid groups (broad SMARTS) is 1. The van der Waals surface area contributed by atoms with Crippen LogP contribution in [0.1, 0.15) is 22.6 Å². The molecule has 1 aliphatic heterocycles. The quantitative estimate of drug-likeness (QED) is 0.771. The summed E-state index contributed by atoms with van der Waals surface area (Å²) in [6.07, 6.45) is 0.269. The van der Waals surface area contributed by atoms with Crippen LogP contribution in [0.25, 0.3) is 0 Å². The van der Waals surface area contributed by atoms with E-state index in [0.29, 0.717) is 18.0 Å². The van der Waals surface area contributed by atoms with E-state index in [4.69, 9.17) is 4.74 Å². The maximum atomic E-state index is 12.1. The number of aryl methyl sites for hydroxylation is 2. The smallest absolute Gasteiger partial charge is 0.331 e. The van der Waals surface area contributed by atoms with Crippen LogP contribution in [0.5, 0.6) is 0 Å². The zero-order valence-electron chi connectivity index (χ0n) is 10.3. The average molecular weight is 253 g/mol. The van der Waals surface area contributed by atoms with Crippen molar-refractivity contribution in [2.24, 2.45) is 7.05 Å². The molecule has 1 atom stereocenters. The molecular weight excluding hydrogens is 238 g/mol. The first-order valence-electron chi connectivity index (χ1n) is 5.59. The normalized spacial score (nSPS) is 23.0. The van der Waals surface area contributed by atoms with Gasteiger partial charge in [0.15, 0.2) is 5.54 Å². The van der Waals surface area contributed by atoms with Crippen molar-refractivity contribution in [2.75, 3.05) is 13.2 Å². The number of nitrogens with zero attached hydrogens (tertiary/aromatic N) is 2. The maximum Gasteiger partial charge on any atom is 0.331 e. The molecule has 0 spiro atoms. The van der Waals surface area contributed by atoms with Crippen LogP contribution in [0, 0.1) is 6.92 Å². The standard InChI is InChI=1S/C11H15N3O4/c1-7-5-8(14(2)13-7)9(15)12-11(10(16)17)3-4-18-6-11/h5H,3-4,6H2,1-2H3,(H,12,15)(H,16,17).